The molecule has 1 amide bonds. The van der Waals surface area contributed by atoms with Gasteiger partial charge in [0, 0.05) is 22.4 Å². The molecule has 0 bridgehead atoms. The zero-order valence-electron chi connectivity index (χ0n) is 11.3. The summed E-state index contributed by atoms with van der Waals surface area (Å²) < 4.78 is 0.120. The third kappa shape index (κ3) is 3.03. The molecule has 1 saturated heterocycles. The van der Waals surface area contributed by atoms with Crippen molar-refractivity contribution < 1.29 is 4.79 Å². The zero-order chi connectivity index (χ0) is 12.7. The van der Waals surface area contributed by atoms with Gasteiger partial charge < -0.3 is 4.90 Å². The van der Waals surface area contributed by atoms with E-state index in [1.54, 1.807) is 11.8 Å². The lowest BCUT2D eigenvalue weighted by Crippen LogP contribution is -2.42. The molecule has 0 aliphatic carbocycles. The van der Waals surface area contributed by atoms with Crippen LogP contribution in [0.25, 0.3) is 0 Å². The quantitative estimate of drug-likeness (QED) is 0.701. The van der Waals surface area contributed by atoms with Crippen molar-refractivity contribution in [3.63, 3.8) is 0 Å². The van der Waals surface area contributed by atoms with E-state index in [4.69, 9.17) is 0 Å². The van der Waals surface area contributed by atoms with E-state index in [9.17, 15) is 4.79 Å². The molecule has 1 heterocycles. The maximum absolute atomic E-state index is 12.3. The normalized spacial score (nSPS) is 23.1. The summed E-state index contributed by atoms with van der Waals surface area (Å²) in [6.45, 7) is 16.6. The lowest BCUT2D eigenvalue weighted by molar-refractivity contribution is -0.129. The third-order valence-corrected chi connectivity index (χ3v) is 3.76. The van der Waals surface area contributed by atoms with Crippen LogP contribution in [0.3, 0.4) is 0 Å². The van der Waals surface area contributed by atoms with Crippen LogP contribution >= 0.6 is 11.8 Å². The molecule has 0 aromatic heterocycles. The summed E-state index contributed by atoms with van der Waals surface area (Å²) in [5.74, 6) is 0.220. The van der Waals surface area contributed by atoms with E-state index >= 15 is 0 Å². The van der Waals surface area contributed by atoms with Crippen molar-refractivity contribution in [1.82, 2.24) is 4.90 Å². The lowest BCUT2D eigenvalue weighted by atomic mass is 10.1. The van der Waals surface area contributed by atoms with E-state index in [0.717, 1.165) is 12.1 Å². The SMILES string of the molecule is C=C1CC(SC(C)(C)C)C(=O)N1C(C)(C)C. The van der Waals surface area contributed by atoms with Crippen LogP contribution in [-0.4, -0.2) is 26.3 Å². The Balaban J connectivity index is 2.83. The van der Waals surface area contributed by atoms with Crippen molar-refractivity contribution in [2.24, 2.45) is 0 Å². The maximum atomic E-state index is 12.3. The van der Waals surface area contributed by atoms with E-state index < -0.39 is 0 Å². The molecular formula is C13H23NOS. The molecule has 2 nitrogen and oxygen atoms in total. The van der Waals surface area contributed by atoms with E-state index in [1.807, 2.05) is 4.90 Å². The first-order valence-electron chi connectivity index (χ1n) is 5.72. The highest BCUT2D eigenvalue weighted by molar-refractivity contribution is 8.01. The summed E-state index contributed by atoms with van der Waals surface area (Å²) in [6.07, 6.45) is 0.790. The van der Waals surface area contributed by atoms with Crippen LogP contribution in [0.15, 0.2) is 12.3 Å². The van der Waals surface area contributed by atoms with Gasteiger partial charge in [-0.1, -0.05) is 27.4 Å². The Morgan fingerprint density at radius 1 is 1.25 bits per heavy atom. The van der Waals surface area contributed by atoms with E-state index in [0.29, 0.717) is 0 Å². The Bertz CT molecular complexity index is 309. The van der Waals surface area contributed by atoms with Crippen molar-refractivity contribution in [2.45, 2.75) is 63.5 Å². The number of allylic oxidation sites excluding steroid dienone is 1. The number of thioether (sulfide) groups is 1. The molecule has 1 aliphatic rings. The number of carbonyl (C=O) groups excluding carboxylic acids is 1. The smallest absolute Gasteiger partial charge is 0.240 e. The van der Waals surface area contributed by atoms with Crippen LogP contribution in [0, 0.1) is 0 Å². The molecule has 0 radical (unpaired) electrons. The van der Waals surface area contributed by atoms with Crippen LogP contribution in [0.2, 0.25) is 0 Å². The largest absolute Gasteiger partial charge is 0.311 e. The first kappa shape index (κ1) is 13.6. The van der Waals surface area contributed by atoms with Gasteiger partial charge in [-0.15, -0.1) is 11.8 Å². The standard InChI is InChI=1S/C13H23NOS/c1-9-8-10(16-13(5,6)7)11(15)14(9)12(2,3)4/h10H,1,8H2,2-7H3. The highest BCUT2D eigenvalue weighted by Gasteiger charge is 2.42. The fourth-order valence-electron chi connectivity index (χ4n) is 2.02. The second-order valence-electron chi connectivity index (χ2n) is 6.33. The molecule has 1 unspecified atom stereocenters. The Hall–Kier alpha value is -0.440. The molecule has 1 rings (SSSR count). The number of carbonyl (C=O) groups is 1. The number of hydrogen-bond acceptors (Lipinski definition) is 2. The second kappa shape index (κ2) is 4.10. The van der Waals surface area contributed by atoms with Gasteiger partial charge in [0.2, 0.25) is 5.91 Å². The van der Waals surface area contributed by atoms with Crippen molar-refractivity contribution in [3.8, 4) is 0 Å². The Labute approximate surface area is 103 Å². The van der Waals surface area contributed by atoms with Gasteiger partial charge in [0.15, 0.2) is 0 Å². The summed E-state index contributed by atoms with van der Waals surface area (Å²) >= 11 is 1.74. The van der Waals surface area contributed by atoms with Gasteiger partial charge in [-0.05, 0) is 20.8 Å². The maximum Gasteiger partial charge on any atom is 0.240 e. The predicted octanol–water partition coefficient (Wildman–Crippen LogP) is 3.43. The monoisotopic (exact) mass is 241 g/mol. The van der Waals surface area contributed by atoms with Crippen LogP contribution in [0.5, 0.6) is 0 Å². The minimum absolute atomic E-state index is 0.0479. The van der Waals surface area contributed by atoms with Gasteiger partial charge in [-0.25, -0.2) is 0 Å². The van der Waals surface area contributed by atoms with Gasteiger partial charge in [0.05, 0.1) is 5.25 Å². The predicted molar refractivity (Wildman–Crippen MR) is 71.5 cm³/mol. The highest BCUT2D eigenvalue weighted by atomic mass is 32.2. The van der Waals surface area contributed by atoms with Crippen molar-refractivity contribution >= 4 is 17.7 Å². The summed E-state index contributed by atoms with van der Waals surface area (Å²) in [5.41, 5.74) is 0.806. The zero-order valence-corrected chi connectivity index (χ0v) is 12.1. The topological polar surface area (TPSA) is 20.3 Å². The van der Waals surface area contributed by atoms with Crippen LogP contribution < -0.4 is 0 Å². The molecule has 3 heteroatoms. The molecule has 1 atom stereocenters. The summed E-state index contributed by atoms with van der Waals surface area (Å²) in [7, 11) is 0. The molecule has 0 aromatic carbocycles. The van der Waals surface area contributed by atoms with E-state index in [2.05, 4.69) is 48.1 Å². The van der Waals surface area contributed by atoms with Gasteiger partial charge in [0.1, 0.15) is 0 Å². The van der Waals surface area contributed by atoms with Crippen LogP contribution in [0.1, 0.15) is 48.0 Å². The lowest BCUT2D eigenvalue weighted by Gasteiger charge is -2.33. The fourth-order valence-corrected chi connectivity index (χ4v) is 3.35. The van der Waals surface area contributed by atoms with Gasteiger partial charge in [-0.3, -0.25) is 4.79 Å². The van der Waals surface area contributed by atoms with E-state index in [1.165, 1.54) is 0 Å². The Morgan fingerprint density at radius 3 is 2.06 bits per heavy atom. The number of hydrogen-bond donors (Lipinski definition) is 0. The second-order valence-corrected chi connectivity index (χ2v) is 8.36. The fraction of sp³-hybridized carbons (Fsp3) is 0.769. The van der Waals surface area contributed by atoms with Crippen molar-refractivity contribution in [1.29, 1.82) is 0 Å². The van der Waals surface area contributed by atoms with Gasteiger partial charge >= 0.3 is 0 Å². The average Bonchev–Trinajstić information content (AvgIpc) is 2.21. The summed E-state index contributed by atoms with van der Waals surface area (Å²) in [4.78, 5) is 14.1. The first-order chi connectivity index (χ1) is 7.02. The molecule has 16 heavy (non-hydrogen) atoms. The van der Waals surface area contributed by atoms with E-state index in [-0.39, 0.29) is 21.4 Å². The molecule has 1 aliphatic heterocycles. The van der Waals surface area contributed by atoms with Gasteiger partial charge in [0.25, 0.3) is 0 Å². The highest BCUT2D eigenvalue weighted by Crippen LogP contribution is 2.40. The van der Waals surface area contributed by atoms with Crippen LogP contribution in [-0.2, 0) is 4.79 Å². The number of rotatable bonds is 1. The molecule has 0 aromatic rings. The summed E-state index contributed by atoms with van der Waals surface area (Å²) in [5, 5.41) is 0.0479. The van der Waals surface area contributed by atoms with Gasteiger partial charge in [-0.2, -0.15) is 0 Å². The minimum atomic E-state index is -0.151. The number of amides is 1. The molecule has 0 N–H and O–H groups in total. The molecule has 1 fully saturated rings. The van der Waals surface area contributed by atoms with Crippen molar-refractivity contribution in [3.05, 3.63) is 12.3 Å². The van der Waals surface area contributed by atoms with Crippen LogP contribution in [0.4, 0.5) is 0 Å². The number of likely N-dealkylation sites (tertiary alicyclic amines) is 1. The molecule has 92 valence electrons. The molecule has 0 spiro atoms. The molecule has 0 saturated carbocycles. The number of nitrogens with zero attached hydrogens (tertiary/aromatic N) is 1. The summed E-state index contributed by atoms with van der Waals surface area (Å²) in [6, 6.07) is 0. The third-order valence-electron chi connectivity index (χ3n) is 2.40. The average molecular weight is 241 g/mol. The first-order valence-corrected chi connectivity index (χ1v) is 6.60. The Morgan fingerprint density at radius 2 is 1.75 bits per heavy atom. The van der Waals surface area contributed by atoms with Crippen molar-refractivity contribution in [2.75, 3.05) is 0 Å². The molecular weight excluding hydrogens is 218 g/mol. The minimum Gasteiger partial charge on any atom is -0.311 e. The Kier molecular flexibility index (Phi) is 3.49.